The molecule has 1 fully saturated rings. The molecule has 2 aliphatic rings. The average molecular weight is 430 g/mol. The minimum absolute atomic E-state index is 0.0711. The summed E-state index contributed by atoms with van der Waals surface area (Å²) in [5, 5.41) is 11.4. The van der Waals surface area contributed by atoms with E-state index in [9.17, 15) is 14.7 Å². The van der Waals surface area contributed by atoms with Crippen molar-refractivity contribution >= 4 is 46.2 Å². The average Bonchev–Trinajstić information content (AvgIpc) is 3.29. The summed E-state index contributed by atoms with van der Waals surface area (Å²) >= 11 is 2.95. The third-order valence-corrected chi connectivity index (χ3v) is 7.95. The second-order valence-corrected chi connectivity index (χ2v) is 9.43. The van der Waals surface area contributed by atoms with Gasteiger partial charge in [-0.15, -0.1) is 11.3 Å². The van der Waals surface area contributed by atoms with Gasteiger partial charge in [0.2, 0.25) is 0 Å². The highest BCUT2D eigenvalue weighted by Gasteiger charge is 2.31. The number of carbonyl (C=O) groups is 2. The van der Waals surface area contributed by atoms with Gasteiger partial charge in [-0.1, -0.05) is 0 Å². The van der Waals surface area contributed by atoms with Crippen LogP contribution in [-0.4, -0.2) is 45.7 Å². The number of carboxylic acids is 1. The van der Waals surface area contributed by atoms with Crippen LogP contribution >= 0.6 is 23.1 Å². The molecule has 0 spiro atoms. The first kappa shape index (κ1) is 20.0. The normalized spacial score (nSPS) is 19.4. The van der Waals surface area contributed by atoms with E-state index in [-0.39, 0.29) is 5.91 Å². The number of amidine groups is 1. The molecule has 0 saturated carbocycles. The summed E-state index contributed by atoms with van der Waals surface area (Å²) in [6.45, 7) is 3.96. The van der Waals surface area contributed by atoms with E-state index in [1.807, 2.05) is 30.6 Å². The molecule has 3 heterocycles. The molecule has 1 aliphatic carbocycles. The van der Waals surface area contributed by atoms with E-state index in [1.165, 1.54) is 16.6 Å². The van der Waals surface area contributed by atoms with E-state index in [0.29, 0.717) is 15.6 Å². The molecule has 0 unspecified atom stereocenters. The largest absolute Gasteiger partial charge is 0.478 e. The predicted octanol–water partition coefficient (Wildman–Crippen LogP) is 4.26. The Balaban J connectivity index is 1.82. The summed E-state index contributed by atoms with van der Waals surface area (Å²) < 4.78 is 2.03. The Bertz CT molecular complexity index is 1090. The number of amides is 1. The van der Waals surface area contributed by atoms with Gasteiger partial charge < -0.3 is 9.67 Å². The number of hydrogen-bond donors (Lipinski definition) is 1. The van der Waals surface area contributed by atoms with Crippen LogP contribution in [-0.2, 0) is 17.6 Å². The van der Waals surface area contributed by atoms with E-state index in [2.05, 4.69) is 4.99 Å². The number of aryl methyl sites for hydroxylation is 2. The second kappa shape index (κ2) is 7.50. The number of fused-ring (bicyclic) bond motifs is 1. The van der Waals surface area contributed by atoms with Gasteiger partial charge in [0.1, 0.15) is 5.00 Å². The Morgan fingerprint density at radius 1 is 1.28 bits per heavy atom. The van der Waals surface area contributed by atoms with Gasteiger partial charge in [-0.3, -0.25) is 14.7 Å². The van der Waals surface area contributed by atoms with Gasteiger partial charge in [0.15, 0.2) is 5.17 Å². The number of hydrogen-bond acceptors (Lipinski definition) is 5. The van der Waals surface area contributed by atoms with Gasteiger partial charge in [0.25, 0.3) is 5.91 Å². The van der Waals surface area contributed by atoms with Crippen molar-refractivity contribution < 1.29 is 14.7 Å². The van der Waals surface area contributed by atoms with Gasteiger partial charge >= 0.3 is 5.97 Å². The Morgan fingerprint density at radius 2 is 2.00 bits per heavy atom. The van der Waals surface area contributed by atoms with Crippen molar-refractivity contribution in [2.75, 3.05) is 14.1 Å². The number of aromatic carboxylic acids is 1. The summed E-state index contributed by atoms with van der Waals surface area (Å²) in [4.78, 5) is 32.1. The molecular formula is C21H23N3O3S2. The fourth-order valence-electron chi connectivity index (χ4n) is 4.07. The quantitative estimate of drug-likeness (QED) is 0.740. The molecule has 0 atom stereocenters. The van der Waals surface area contributed by atoms with Crippen LogP contribution in [0.2, 0.25) is 0 Å². The van der Waals surface area contributed by atoms with Crippen LogP contribution in [0, 0.1) is 13.8 Å². The molecule has 4 rings (SSSR count). The molecule has 8 heteroatoms. The Morgan fingerprint density at radius 3 is 2.66 bits per heavy atom. The van der Waals surface area contributed by atoms with Crippen molar-refractivity contribution in [2.24, 2.45) is 4.99 Å². The third kappa shape index (κ3) is 3.24. The monoisotopic (exact) mass is 429 g/mol. The van der Waals surface area contributed by atoms with Crippen molar-refractivity contribution in [3.63, 3.8) is 0 Å². The summed E-state index contributed by atoms with van der Waals surface area (Å²) in [6, 6.07) is 2.02. The van der Waals surface area contributed by atoms with Gasteiger partial charge in [0.05, 0.1) is 10.5 Å². The first-order valence-corrected chi connectivity index (χ1v) is 11.2. The highest BCUT2D eigenvalue weighted by molar-refractivity contribution is 8.18. The lowest BCUT2D eigenvalue weighted by Gasteiger charge is -2.11. The van der Waals surface area contributed by atoms with Gasteiger partial charge in [-0.25, -0.2) is 4.79 Å². The molecule has 1 aliphatic heterocycles. The lowest BCUT2D eigenvalue weighted by Crippen LogP contribution is -2.23. The number of aromatic nitrogens is 1. The van der Waals surface area contributed by atoms with Gasteiger partial charge in [-0.2, -0.15) is 0 Å². The lowest BCUT2D eigenvalue weighted by molar-refractivity contribution is -0.121. The van der Waals surface area contributed by atoms with E-state index < -0.39 is 5.97 Å². The SMILES string of the molecule is CN=C1S/C(=C\c2cc(C)n(-c3sc4c(c3C(=O)O)CCCC4)c2C)C(=O)N1C. The van der Waals surface area contributed by atoms with Crippen LogP contribution in [0.4, 0.5) is 0 Å². The first-order chi connectivity index (χ1) is 13.8. The van der Waals surface area contributed by atoms with Crippen LogP contribution in [0.3, 0.4) is 0 Å². The number of likely N-dealkylation sites (N-methyl/N-ethyl adjacent to an activating group) is 1. The molecule has 1 N–H and O–H groups in total. The summed E-state index contributed by atoms with van der Waals surface area (Å²) in [6.07, 6.45) is 5.82. The molecule has 152 valence electrons. The Hall–Kier alpha value is -2.32. The Kier molecular flexibility index (Phi) is 5.16. The van der Waals surface area contributed by atoms with Crippen molar-refractivity contribution in [1.82, 2.24) is 9.47 Å². The zero-order valence-electron chi connectivity index (χ0n) is 16.9. The number of rotatable bonds is 3. The molecule has 0 bridgehead atoms. The molecule has 0 radical (unpaired) electrons. The van der Waals surface area contributed by atoms with Crippen LogP contribution in [0.5, 0.6) is 0 Å². The number of carbonyl (C=O) groups excluding carboxylic acids is 1. The Labute approximate surface area is 177 Å². The molecule has 2 aromatic heterocycles. The summed E-state index contributed by atoms with van der Waals surface area (Å²) in [7, 11) is 3.39. The number of thioether (sulfide) groups is 1. The molecule has 1 saturated heterocycles. The highest BCUT2D eigenvalue weighted by atomic mass is 32.2. The standard InChI is InChI=1S/C21H23N3O3S2/c1-11-9-13(10-16-18(25)23(4)21(22-3)29-16)12(2)24(11)19-17(20(26)27)14-7-5-6-8-15(14)28-19/h9-10H,5-8H2,1-4H3,(H,26,27)/b16-10-,22-21?. The minimum Gasteiger partial charge on any atom is -0.478 e. The van der Waals surface area contributed by atoms with Crippen molar-refractivity contribution in [3.05, 3.63) is 43.9 Å². The second-order valence-electron chi connectivity index (χ2n) is 7.34. The molecular weight excluding hydrogens is 406 g/mol. The van der Waals surface area contributed by atoms with E-state index in [1.54, 1.807) is 30.3 Å². The maximum Gasteiger partial charge on any atom is 0.339 e. The summed E-state index contributed by atoms with van der Waals surface area (Å²) in [5.74, 6) is -0.933. The number of carboxylic acid groups (broad SMARTS) is 1. The molecule has 6 nitrogen and oxygen atoms in total. The molecule has 1 amide bonds. The van der Waals surface area contributed by atoms with Gasteiger partial charge in [0, 0.05) is 30.4 Å². The third-order valence-electron chi connectivity index (χ3n) is 5.52. The lowest BCUT2D eigenvalue weighted by atomic mass is 9.95. The van der Waals surface area contributed by atoms with E-state index in [4.69, 9.17) is 0 Å². The van der Waals surface area contributed by atoms with Crippen LogP contribution < -0.4 is 0 Å². The van der Waals surface area contributed by atoms with Crippen molar-refractivity contribution in [2.45, 2.75) is 39.5 Å². The van der Waals surface area contributed by atoms with E-state index >= 15 is 0 Å². The van der Waals surface area contributed by atoms with Crippen LogP contribution in [0.1, 0.15) is 50.6 Å². The molecule has 29 heavy (non-hydrogen) atoms. The van der Waals surface area contributed by atoms with Crippen molar-refractivity contribution in [1.29, 1.82) is 0 Å². The zero-order valence-corrected chi connectivity index (χ0v) is 18.5. The molecule has 0 aromatic carbocycles. The number of nitrogens with zero attached hydrogens (tertiary/aromatic N) is 3. The molecule has 2 aromatic rings. The summed E-state index contributed by atoms with van der Waals surface area (Å²) in [5.41, 5.74) is 4.27. The fourth-order valence-corrected chi connectivity index (χ4v) is 6.48. The fraction of sp³-hybridized carbons (Fsp3) is 0.381. The number of thiophene rings is 1. The number of aliphatic imine (C=N–C) groups is 1. The maximum atomic E-state index is 12.5. The predicted molar refractivity (Wildman–Crippen MR) is 118 cm³/mol. The van der Waals surface area contributed by atoms with Crippen molar-refractivity contribution in [3.8, 4) is 5.00 Å². The first-order valence-electron chi connectivity index (χ1n) is 9.55. The van der Waals surface area contributed by atoms with Crippen LogP contribution in [0.15, 0.2) is 16.0 Å². The highest BCUT2D eigenvalue weighted by Crippen LogP contribution is 2.39. The topological polar surface area (TPSA) is 74.9 Å². The van der Waals surface area contributed by atoms with Gasteiger partial charge in [-0.05, 0) is 74.6 Å². The zero-order chi connectivity index (χ0) is 20.9. The van der Waals surface area contributed by atoms with E-state index in [0.717, 1.165) is 53.2 Å². The maximum absolute atomic E-state index is 12.5. The smallest absolute Gasteiger partial charge is 0.339 e. The van der Waals surface area contributed by atoms with Crippen LogP contribution in [0.25, 0.3) is 11.1 Å². The minimum atomic E-state index is -0.862.